The van der Waals surface area contributed by atoms with Crippen molar-refractivity contribution in [3.05, 3.63) is 89.1 Å². The molecule has 4 nitrogen and oxygen atoms in total. The number of benzene rings is 2. The molecule has 0 atom stereocenters. The van der Waals surface area contributed by atoms with Crippen LogP contribution < -0.4 is 4.90 Å². The number of hydrogen-bond acceptors (Lipinski definition) is 5. The number of hydrogen-bond donors (Lipinski definition) is 0. The molecule has 0 saturated carbocycles. The molecule has 0 N–H and O–H groups in total. The highest BCUT2D eigenvalue weighted by molar-refractivity contribution is 7.16. The van der Waals surface area contributed by atoms with Gasteiger partial charge in [0.15, 0.2) is 0 Å². The first-order valence-corrected chi connectivity index (χ1v) is 10.7. The average molecular weight is 423 g/mol. The molecule has 2 aromatic carbocycles. The average Bonchev–Trinajstić information content (AvgIpc) is 3.26. The van der Waals surface area contributed by atoms with Gasteiger partial charge in [-0.2, -0.15) is 0 Å². The van der Waals surface area contributed by atoms with Gasteiger partial charge in [-0.05, 0) is 46.8 Å². The third-order valence-electron chi connectivity index (χ3n) is 5.59. The van der Waals surface area contributed by atoms with Crippen molar-refractivity contribution in [1.29, 1.82) is 0 Å². The Morgan fingerprint density at radius 3 is 1.97 bits per heavy atom. The second-order valence-electron chi connectivity index (χ2n) is 7.37. The third-order valence-corrected chi connectivity index (χ3v) is 6.41. The van der Waals surface area contributed by atoms with Crippen molar-refractivity contribution >= 4 is 27.4 Å². The first-order valence-electron chi connectivity index (χ1n) is 9.87. The Morgan fingerprint density at radius 1 is 0.767 bits per heavy atom. The highest BCUT2D eigenvalue weighted by Gasteiger charge is 2.27. The predicted molar refractivity (Wildman–Crippen MR) is 116 cm³/mol. The van der Waals surface area contributed by atoms with E-state index >= 15 is 0 Å². The Kier molecular flexibility index (Phi) is 5.14. The topological polar surface area (TPSA) is 32.3 Å². The van der Waals surface area contributed by atoms with Gasteiger partial charge in [-0.25, -0.2) is 18.7 Å². The molecule has 0 bridgehead atoms. The molecule has 152 valence electrons. The van der Waals surface area contributed by atoms with Crippen LogP contribution in [0.1, 0.15) is 17.2 Å². The second-order valence-corrected chi connectivity index (χ2v) is 8.26. The number of piperazine rings is 1. The van der Waals surface area contributed by atoms with Gasteiger partial charge in [0, 0.05) is 26.2 Å². The molecule has 1 aliphatic heterocycles. The molecule has 1 aliphatic rings. The Labute approximate surface area is 177 Å². The zero-order valence-corrected chi connectivity index (χ0v) is 17.0. The lowest BCUT2D eigenvalue weighted by Gasteiger charge is -2.40. The van der Waals surface area contributed by atoms with E-state index in [-0.39, 0.29) is 17.7 Å². The zero-order chi connectivity index (χ0) is 20.5. The molecule has 2 aromatic heterocycles. The molecule has 30 heavy (non-hydrogen) atoms. The van der Waals surface area contributed by atoms with Crippen LogP contribution in [0.5, 0.6) is 0 Å². The minimum absolute atomic E-state index is 0.0556. The summed E-state index contributed by atoms with van der Waals surface area (Å²) in [6.45, 7) is 3.27. The summed E-state index contributed by atoms with van der Waals surface area (Å²) < 4.78 is 27.0. The molecule has 5 rings (SSSR count). The monoisotopic (exact) mass is 422 g/mol. The van der Waals surface area contributed by atoms with Gasteiger partial charge >= 0.3 is 0 Å². The molecular formula is C23H20F2N4S. The van der Waals surface area contributed by atoms with Crippen molar-refractivity contribution in [1.82, 2.24) is 14.9 Å². The largest absolute Gasteiger partial charge is 0.353 e. The lowest BCUT2D eigenvalue weighted by molar-refractivity contribution is 0.212. The number of nitrogens with zero attached hydrogens (tertiary/aromatic N) is 4. The second kappa shape index (κ2) is 8.08. The van der Waals surface area contributed by atoms with Gasteiger partial charge < -0.3 is 4.90 Å². The minimum Gasteiger partial charge on any atom is -0.353 e. The van der Waals surface area contributed by atoms with Crippen molar-refractivity contribution in [2.75, 3.05) is 31.1 Å². The van der Waals surface area contributed by atoms with Crippen LogP contribution in [-0.2, 0) is 0 Å². The van der Waals surface area contributed by atoms with Gasteiger partial charge in [0.25, 0.3) is 0 Å². The summed E-state index contributed by atoms with van der Waals surface area (Å²) in [7, 11) is 0. The minimum atomic E-state index is -0.259. The van der Waals surface area contributed by atoms with E-state index in [1.807, 2.05) is 29.6 Å². The smallest absolute Gasteiger partial charge is 0.140 e. The predicted octanol–water partition coefficient (Wildman–Crippen LogP) is 4.88. The maximum Gasteiger partial charge on any atom is 0.140 e. The third kappa shape index (κ3) is 3.66. The number of aromatic nitrogens is 2. The van der Waals surface area contributed by atoms with Crippen LogP contribution in [0.25, 0.3) is 10.2 Å². The Bertz CT molecular complexity index is 1090. The van der Waals surface area contributed by atoms with Crippen LogP contribution in [0, 0.1) is 11.6 Å². The van der Waals surface area contributed by atoms with E-state index in [0.29, 0.717) is 0 Å². The van der Waals surface area contributed by atoms with E-state index in [9.17, 15) is 8.78 Å². The molecule has 0 spiro atoms. The van der Waals surface area contributed by atoms with Gasteiger partial charge in [0.2, 0.25) is 0 Å². The first kappa shape index (κ1) is 19.1. The van der Waals surface area contributed by atoms with Gasteiger partial charge in [0.05, 0.1) is 11.4 Å². The van der Waals surface area contributed by atoms with Gasteiger partial charge in [-0.3, -0.25) is 4.90 Å². The van der Waals surface area contributed by atoms with Crippen LogP contribution in [0.4, 0.5) is 14.6 Å². The molecule has 7 heteroatoms. The highest BCUT2D eigenvalue weighted by atomic mass is 32.1. The summed E-state index contributed by atoms with van der Waals surface area (Å²) in [5, 5.41) is 3.13. The fourth-order valence-electron chi connectivity index (χ4n) is 4.13. The molecule has 0 aliphatic carbocycles. The number of anilines is 1. The summed E-state index contributed by atoms with van der Waals surface area (Å²) in [4.78, 5) is 14.5. The fourth-order valence-corrected chi connectivity index (χ4v) is 4.85. The van der Waals surface area contributed by atoms with Crippen LogP contribution in [0.3, 0.4) is 0 Å². The summed E-state index contributed by atoms with van der Waals surface area (Å²) >= 11 is 1.62. The molecule has 1 fully saturated rings. The van der Waals surface area contributed by atoms with E-state index in [1.165, 1.54) is 24.3 Å². The standard InChI is InChI=1S/C23H20F2N4S/c24-18-5-1-16(2-6-18)21(17-3-7-19(25)8-4-17)28-10-12-29(13-11-28)22-20-9-14-30-23(20)27-15-26-22/h1-9,14-15,21H,10-13H2. The molecular weight excluding hydrogens is 402 g/mol. The van der Waals surface area contributed by atoms with Crippen molar-refractivity contribution in [3.63, 3.8) is 0 Å². The van der Waals surface area contributed by atoms with Crippen molar-refractivity contribution < 1.29 is 8.78 Å². The summed E-state index contributed by atoms with van der Waals surface area (Å²) in [5.41, 5.74) is 2.00. The lowest BCUT2D eigenvalue weighted by Crippen LogP contribution is -2.48. The highest BCUT2D eigenvalue weighted by Crippen LogP contribution is 2.32. The van der Waals surface area contributed by atoms with Crippen molar-refractivity contribution in [2.45, 2.75) is 6.04 Å². The van der Waals surface area contributed by atoms with E-state index < -0.39 is 0 Å². The Hall–Kier alpha value is -2.90. The van der Waals surface area contributed by atoms with E-state index in [2.05, 4.69) is 25.8 Å². The summed E-state index contributed by atoms with van der Waals surface area (Å²) in [5.74, 6) is 0.455. The fraction of sp³-hybridized carbons (Fsp3) is 0.217. The summed E-state index contributed by atoms with van der Waals surface area (Å²) in [6, 6.07) is 15.2. The molecule has 0 unspecified atom stereocenters. The normalized spacial score (nSPS) is 15.2. The van der Waals surface area contributed by atoms with Crippen LogP contribution >= 0.6 is 11.3 Å². The van der Waals surface area contributed by atoms with E-state index in [0.717, 1.165) is 53.3 Å². The van der Waals surface area contributed by atoms with E-state index in [4.69, 9.17) is 0 Å². The Morgan fingerprint density at radius 2 is 1.37 bits per heavy atom. The molecule has 3 heterocycles. The molecule has 0 amide bonds. The molecule has 4 aromatic rings. The van der Waals surface area contributed by atoms with Gasteiger partial charge in [-0.1, -0.05) is 24.3 Å². The number of halogens is 2. The summed E-state index contributed by atoms with van der Waals surface area (Å²) in [6.07, 6.45) is 1.63. The van der Waals surface area contributed by atoms with Crippen LogP contribution in [0.2, 0.25) is 0 Å². The van der Waals surface area contributed by atoms with Crippen LogP contribution in [-0.4, -0.2) is 41.0 Å². The first-order chi connectivity index (χ1) is 14.7. The quantitative estimate of drug-likeness (QED) is 0.469. The number of rotatable bonds is 4. The van der Waals surface area contributed by atoms with E-state index in [1.54, 1.807) is 17.7 Å². The maximum absolute atomic E-state index is 13.5. The van der Waals surface area contributed by atoms with Crippen LogP contribution in [0.15, 0.2) is 66.3 Å². The SMILES string of the molecule is Fc1ccc(C(c2ccc(F)cc2)N2CCN(c3ncnc4sccc34)CC2)cc1. The van der Waals surface area contributed by atoms with Gasteiger partial charge in [0.1, 0.15) is 28.6 Å². The molecule has 1 saturated heterocycles. The maximum atomic E-state index is 13.5. The number of fused-ring (bicyclic) bond motifs is 1. The number of thiophene rings is 1. The zero-order valence-electron chi connectivity index (χ0n) is 16.2. The van der Waals surface area contributed by atoms with Crippen molar-refractivity contribution in [2.24, 2.45) is 0 Å². The Balaban J connectivity index is 1.41. The molecule has 0 radical (unpaired) electrons. The van der Waals surface area contributed by atoms with Crippen molar-refractivity contribution in [3.8, 4) is 0 Å². The van der Waals surface area contributed by atoms with Gasteiger partial charge in [-0.15, -0.1) is 11.3 Å². The lowest BCUT2D eigenvalue weighted by atomic mass is 9.96.